The fourth-order valence-corrected chi connectivity index (χ4v) is 1.20. The van der Waals surface area contributed by atoms with Crippen molar-refractivity contribution in [2.75, 3.05) is 24.3 Å². The highest BCUT2D eigenvalue weighted by Gasteiger charge is 2.22. The molecule has 0 aliphatic heterocycles. The molecule has 0 bridgehead atoms. The monoisotopic (exact) mass is 223 g/mol. The molecular weight excluding hydrogens is 206 g/mol. The van der Waals surface area contributed by atoms with Crippen LogP contribution >= 0.6 is 0 Å². The molecule has 1 aliphatic carbocycles. The van der Waals surface area contributed by atoms with Crippen LogP contribution in [0.3, 0.4) is 0 Å². The maximum Gasteiger partial charge on any atom is 0.323 e. The fraction of sp³-hybridized carbons (Fsp3) is 0.700. The molecule has 0 radical (unpaired) electrons. The van der Waals surface area contributed by atoms with E-state index < -0.39 is 0 Å². The molecule has 0 amide bonds. The first-order valence-electron chi connectivity index (χ1n) is 5.65. The van der Waals surface area contributed by atoms with Crippen molar-refractivity contribution in [2.24, 2.45) is 0 Å². The third kappa shape index (κ3) is 2.95. The first-order valence-corrected chi connectivity index (χ1v) is 5.65. The van der Waals surface area contributed by atoms with Crippen LogP contribution in [0.1, 0.15) is 26.2 Å². The quantitative estimate of drug-likeness (QED) is 0.757. The molecule has 6 nitrogen and oxygen atoms in total. The Hall–Kier alpha value is -1.59. The summed E-state index contributed by atoms with van der Waals surface area (Å²) < 4.78 is 5.40. The third-order valence-corrected chi connectivity index (χ3v) is 2.18. The van der Waals surface area contributed by atoms with Crippen LogP contribution in [0.2, 0.25) is 0 Å². The van der Waals surface area contributed by atoms with Gasteiger partial charge in [0, 0.05) is 13.1 Å². The van der Waals surface area contributed by atoms with Gasteiger partial charge in [-0.25, -0.2) is 0 Å². The Bertz CT molecular complexity index is 353. The molecule has 2 N–H and O–H groups in total. The molecule has 1 aromatic rings. The SMILES string of the molecule is CCCOc1nc(NC)nc(NC2CC2)n1. The van der Waals surface area contributed by atoms with Crippen molar-refractivity contribution < 1.29 is 4.74 Å². The van der Waals surface area contributed by atoms with Gasteiger partial charge in [0.05, 0.1) is 6.61 Å². The fourth-order valence-electron chi connectivity index (χ4n) is 1.20. The van der Waals surface area contributed by atoms with Gasteiger partial charge in [0.2, 0.25) is 11.9 Å². The second kappa shape index (κ2) is 4.96. The first-order chi connectivity index (χ1) is 7.81. The lowest BCUT2D eigenvalue weighted by Gasteiger charge is -2.08. The highest BCUT2D eigenvalue weighted by molar-refractivity contribution is 5.37. The van der Waals surface area contributed by atoms with Gasteiger partial charge in [-0.2, -0.15) is 15.0 Å². The summed E-state index contributed by atoms with van der Waals surface area (Å²) in [6, 6.07) is 0.899. The zero-order valence-corrected chi connectivity index (χ0v) is 9.66. The normalized spacial score (nSPS) is 14.6. The van der Waals surface area contributed by atoms with Gasteiger partial charge in [-0.05, 0) is 19.3 Å². The van der Waals surface area contributed by atoms with E-state index in [0.29, 0.717) is 30.6 Å². The Morgan fingerprint density at radius 1 is 1.25 bits per heavy atom. The van der Waals surface area contributed by atoms with Crippen molar-refractivity contribution in [3.63, 3.8) is 0 Å². The van der Waals surface area contributed by atoms with E-state index in [9.17, 15) is 0 Å². The third-order valence-electron chi connectivity index (χ3n) is 2.18. The van der Waals surface area contributed by atoms with E-state index in [1.54, 1.807) is 7.05 Å². The summed E-state index contributed by atoms with van der Waals surface area (Å²) in [4.78, 5) is 12.5. The number of nitrogens with one attached hydrogen (secondary N) is 2. The van der Waals surface area contributed by atoms with Gasteiger partial charge in [-0.1, -0.05) is 6.92 Å². The van der Waals surface area contributed by atoms with Gasteiger partial charge in [-0.15, -0.1) is 0 Å². The van der Waals surface area contributed by atoms with Gasteiger partial charge in [0.25, 0.3) is 0 Å². The van der Waals surface area contributed by atoms with Crippen molar-refractivity contribution in [2.45, 2.75) is 32.2 Å². The predicted molar refractivity (Wildman–Crippen MR) is 61.8 cm³/mol. The molecule has 0 aromatic carbocycles. The van der Waals surface area contributed by atoms with E-state index in [1.165, 1.54) is 12.8 Å². The summed E-state index contributed by atoms with van der Waals surface area (Å²) in [5.74, 6) is 1.12. The summed E-state index contributed by atoms with van der Waals surface area (Å²) in [7, 11) is 1.78. The minimum Gasteiger partial charge on any atom is -0.463 e. The second-order valence-corrected chi connectivity index (χ2v) is 3.78. The van der Waals surface area contributed by atoms with Crippen molar-refractivity contribution in [1.29, 1.82) is 0 Å². The molecule has 16 heavy (non-hydrogen) atoms. The first kappa shape index (κ1) is 10.9. The Morgan fingerprint density at radius 3 is 2.62 bits per heavy atom. The smallest absolute Gasteiger partial charge is 0.323 e. The number of nitrogens with zero attached hydrogens (tertiary/aromatic N) is 3. The van der Waals surface area contributed by atoms with E-state index in [4.69, 9.17) is 4.74 Å². The van der Waals surface area contributed by atoms with Crippen LogP contribution in [0.4, 0.5) is 11.9 Å². The lowest BCUT2D eigenvalue weighted by molar-refractivity contribution is 0.292. The van der Waals surface area contributed by atoms with Gasteiger partial charge in [0.15, 0.2) is 0 Å². The van der Waals surface area contributed by atoms with Crippen LogP contribution in [0, 0.1) is 0 Å². The van der Waals surface area contributed by atoms with Gasteiger partial charge >= 0.3 is 6.01 Å². The number of anilines is 2. The van der Waals surface area contributed by atoms with E-state index in [1.807, 2.05) is 6.92 Å². The Morgan fingerprint density at radius 2 is 2.00 bits per heavy atom. The molecule has 1 fully saturated rings. The van der Waals surface area contributed by atoms with Crippen LogP contribution in [0.15, 0.2) is 0 Å². The van der Waals surface area contributed by atoms with E-state index >= 15 is 0 Å². The van der Waals surface area contributed by atoms with Gasteiger partial charge in [0.1, 0.15) is 0 Å². The molecule has 1 saturated carbocycles. The molecule has 88 valence electrons. The maximum absolute atomic E-state index is 5.40. The van der Waals surface area contributed by atoms with Crippen LogP contribution in [-0.2, 0) is 0 Å². The van der Waals surface area contributed by atoms with Crippen molar-refractivity contribution in [3.8, 4) is 6.01 Å². The predicted octanol–water partition coefficient (Wildman–Crippen LogP) is 1.28. The topological polar surface area (TPSA) is 72.0 Å². The lowest BCUT2D eigenvalue weighted by atomic mass is 10.5. The highest BCUT2D eigenvalue weighted by atomic mass is 16.5. The minimum atomic E-state index is 0.379. The molecule has 1 aliphatic rings. The van der Waals surface area contributed by atoms with Crippen molar-refractivity contribution in [1.82, 2.24) is 15.0 Å². The molecular formula is C10H17N5O. The van der Waals surface area contributed by atoms with Crippen LogP contribution < -0.4 is 15.4 Å². The van der Waals surface area contributed by atoms with E-state index in [0.717, 1.165) is 6.42 Å². The van der Waals surface area contributed by atoms with Crippen LogP contribution in [0.25, 0.3) is 0 Å². The van der Waals surface area contributed by atoms with Crippen molar-refractivity contribution in [3.05, 3.63) is 0 Å². The number of aromatic nitrogens is 3. The van der Waals surface area contributed by atoms with Crippen LogP contribution in [0.5, 0.6) is 6.01 Å². The molecule has 0 saturated heterocycles. The average Bonchev–Trinajstić information content (AvgIpc) is 3.10. The number of hydrogen-bond donors (Lipinski definition) is 2. The molecule has 0 spiro atoms. The maximum atomic E-state index is 5.40. The number of rotatable bonds is 6. The number of ether oxygens (including phenoxy) is 1. The molecule has 2 rings (SSSR count). The largest absolute Gasteiger partial charge is 0.463 e. The summed E-state index contributed by atoms with van der Waals surface area (Å²) in [6.45, 7) is 2.67. The van der Waals surface area contributed by atoms with E-state index in [2.05, 4.69) is 25.6 Å². The Balaban J connectivity index is 2.09. The van der Waals surface area contributed by atoms with Gasteiger partial charge in [-0.3, -0.25) is 0 Å². The number of hydrogen-bond acceptors (Lipinski definition) is 6. The summed E-state index contributed by atoms with van der Waals surface area (Å²) in [6.07, 6.45) is 3.31. The second-order valence-electron chi connectivity index (χ2n) is 3.78. The lowest BCUT2D eigenvalue weighted by Crippen LogP contribution is -2.10. The van der Waals surface area contributed by atoms with Crippen molar-refractivity contribution >= 4 is 11.9 Å². The summed E-state index contributed by atoms with van der Waals surface area (Å²) in [5.41, 5.74) is 0. The minimum absolute atomic E-state index is 0.379. The summed E-state index contributed by atoms with van der Waals surface area (Å²) in [5, 5.41) is 6.12. The van der Waals surface area contributed by atoms with Crippen LogP contribution in [-0.4, -0.2) is 34.6 Å². The zero-order valence-electron chi connectivity index (χ0n) is 9.66. The Kier molecular flexibility index (Phi) is 3.38. The molecule has 0 unspecified atom stereocenters. The standard InChI is InChI=1S/C10H17N5O/c1-3-6-16-10-14-8(11-2)13-9(15-10)12-7-4-5-7/h7H,3-6H2,1-2H3,(H2,11,12,13,14,15). The Labute approximate surface area is 94.9 Å². The average molecular weight is 223 g/mol. The molecule has 1 aromatic heterocycles. The zero-order chi connectivity index (χ0) is 11.4. The van der Waals surface area contributed by atoms with Gasteiger partial charge < -0.3 is 15.4 Å². The molecule has 6 heteroatoms. The highest BCUT2D eigenvalue weighted by Crippen LogP contribution is 2.23. The molecule has 0 atom stereocenters. The summed E-state index contributed by atoms with van der Waals surface area (Å²) >= 11 is 0. The molecule has 1 heterocycles. The van der Waals surface area contributed by atoms with E-state index in [-0.39, 0.29) is 0 Å².